The molecule has 0 unspecified atom stereocenters. The van der Waals surface area contributed by atoms with E-state index >= 15 is 0 Å². The van der Waals surface area contributed by atoms with Gasteiger partial charge in [-0.15, -0.1) is 0 Å². The Morgan fingerprint density at radius 2 is 1.78 bits per heavy atom. The van der Waals surface area contributed by atoms with E-state index in [-0.39, 0.29) is 0 Å². The summed E-state index contributed by atoms with van der Waals surface area (Å²) in [5.41, 5.74) is 2.93. The minimum Gasteiger partial charge on any atom is -0.497 e. The summed E-state index contributed by atoms with van der Waals surface area (Å²) in [6, 6.07) is 11.8. The molecule has 0 spiro atoms. The minimum absolute atomic E-state index is 0.699. The van der Waals surface area contributed by atoms with Gasteiger partial charge in [0.2, 0.25) is 0 Å². The van der Waals surface area contributed by atoms with Crippen LogP contribution < -0.4 is 15.4 Å². The Hall–Kier alpha value is -2.04. The van der Waals surface area contributed by atoms with Crippen LogP contribution in [0.1, 0.15) is 32.6 Å². The molecule has 3 rings (SSSR count). The smallest absolute Gasteiger partial charge is 0.119 e. The maximum Gasteiger partial charge on any atom is 0.119 e. The van der Waals surface area contributed by atoms with Gasteiger partial charge < -0.3 is 15.4 Å². The number of pyridine rings is 1. The van der Waals surface area contributed by atoms with Crippen molar-refractivity contribution in [3.05, 3.63) is 41.4 Å². The fraction of sp³-hybridized carbons (Fsp3) is 0.409. The molecule has 0 saturated heterocycles. The molecule has 0 aliphatic rings. The normalized spacial score (nSPS) is 11.2. The zero-order valence-corrected chi connectivity index (χ0v) is 16.9. The third-order valence-electron chi connectivity index (χ3n) is 4.73. The summed E-state index contributed by atoms with van der Waals surface area (Å²) in [7, 11) is 1.69. The summed E-state index contributed by atoms with van der Waals surface area (Å²) in [6.07, 6.45) is 4.88. The molecule has 1 aromatic heterocycles. The molecule has 0 radical (unpaired) electrons. The average Bonchev–Trinajstić information content (AvgIpc) is 2.68. The van der Waals surface area contributed by atoms with Gasteiger partial charge in [-0.2, -0.15) is 0 Å². The van der Waals surface area contributed by atoms with Crippen molar-refractivity contribution >= 4 is 39.1 Å². The Labute approximate surface area is 166 Å². The highest BCUT2D eigenvalue weighted by Gasteiger charge is 2.10. The molecule has 2 N–H and O–H groups in total. The molecule has 0 aliphatic carbocycles. The lowest BCUT2D eigenvalue weighted by Crippen LogP contribution is -2.19. The summed E-state index contributed by atoms with van der Waals surface area (Å²) >= 11 is 6.18. The van der Waals surface area contributed by atoms with Gasteiger partial charge in [0.05, 0.1) is 23.8 Å². The number of aromatic nitrogens is 1. The Morgan fingerprint density at radius 1 is 0.926 bits per heavy atom. The van der Waals surface area contributed by atoms with Crippen molar-refractivity contribution in [3.63, 3.8) is 0 Å². The lowest BCUT2D eigenvalue weighted by Gasteiger charge is -2.14. The minimum atomic E-state index is 0.699. The van der Waals surface area contributed by atoms with Gasteiger partial charge in [0.1, 0.15) is 5.75 Å². The van der Waals surface area contributed by atoms with E-state index < -0.39 is 0 Å². The quantitative estimate of drug-likeness (QED) is 0.350. The SMILES string of the molecule is CCCCCNCCCNc1c2ccc(Cl)cc2nc2ccc(OC)cc12. The number of benzene rings is 2. The van der Waals surface area contributed by atoms with E-state index in [4.69, 9.17) is 21.3 Å². The zero-order chi connectivity index (χ0) is 19.1. The van der Waals surface area contributed by atoms with Gasteiger partial charge in [0.15, 0.2) is 0 Å². The standard InChI is InChI=1S/C22H28ClN3O/c1-3-4-5-11-24-12-6-13-25-22-18-9-7-16(23)14-21(18)26-20-10-8-17(27-2)15-19(20)22/h7-10,14-15,24H,3-6,11-13H2,1-2H3,(H,25,26). The fourth-order valence-electron chi connectivity index (χ4n) is 3.27. The van der Waals surface area contributed by atoms with E-state index in [1.807, 2.05) is 36.4 Å². The van der Waals surface area contributed by atoms with Crippen molar-refractivity contribution in [1.29, 1.82) is 0 Å². The van der Waals surface area contributed by atoms with Crippen LogP contribution in [0, 0.1) is 0 Å². The number of hydrogen-bond donors (Lipinski definition) is 2. The number of methoxy groups -OCH3 is 1. The van der Waals surface area contributed by atoms with E-state index in [1.165, 1.54) is 19.3 Å². The zero-order valence-electron chi connectivity index (χ0n) is 16.1. The predicted octanol–water partition coefficient (Wildman–Crippen LogP) is 5.63. The van der Waals surface area contributed by atoms with Crippen molar-refractivity contribution in [2.75, 3.05) is 32.1 Å². The Balaban J connectivity index is 1.78. The van der Waals surface area contributed by atoms with E-state index in [1.54, 1.807) is 7.11 Å². The van der Waals surface area contributed by atoms with E-state index in [0.29, 0.717) is 5.02 Å². The van der Waals surface area contributed by atoms with Gasteiger partial charge in [-0.25, -0.2) is 4.98 Å². The molecule has 1 heterocycles. The molecule has 0 amide bonds. The molecular formula is C22H28ClN3O. The second-order valence-corrected chi connectivity index (χ2v) is 7.21. The van der Waals surface area contributed by atoms with Crippen LogP contribution in [0.4, 0.5) is 5.69 Å². The largest absolute Gasteiger partial charge is 0.497 e. The van der Waals surface area contributed by atoms with Crippen LogP contribution in [0.5, 0.6) is 5.75 Å². The van der Waals surface area contributed by atoms with Crippen LogP contribution in [-0.2, 0) is 0 Å². The van der Waals surface area contributed by atoms with E-state index in [0.717, 1.165) is 59.3 Å². The van der Waals surface area contributed by atoms with Crippen LogP contribution in [0.25, 0.3) is 21.8 Å². The molecule has 0 fully saturated rings. The lowest BCUT2D eigenvalue weighted by atomic mass is 10.1. The molecule has 0 saturated carbocycles. The highest BCUT2D eigenvalue weighted by Crippen LogP contribution is 2.34. The van der Waals surface area contributed by atoms with Crippen molar-refractivity contribution in [2.24, 2.45) is 0 Å². The van der Waals surface area contributed by atoms with Crippen LogP contribution >= 0.6 is 11.6 Å². The maximum absolute atomic E-state index is 6.18. The van der Waals surface area contributed by atoms with Gasteiger partial charge in [-0.1, -0.05) is 31.4 Å². The summed E-state index contributed by atoms with van der Waals surface area (Å²) in [5.74, 6) is 0.832. The number of anilines is 1. The highest BCUT2D eigenvalue weighted by molar-refractivity contribution is 6.31. The second-order valence-electron chi connectivity index (χ2n) is 6.77. The second kappa shape index (κ2) is 9.77. The molecule has 3 aromatic rings. The maximum atomic E-state index is 6.18. The molecule has 4 nitrogen and oxygen atoms in total. The van der Waals surface area contributed by atoms with Gasteiger partial charge >= 0.3 is 0 Å². The van der Waals surface area contributed by atoms with E-state index in [2.05, 4.69) is 17.6 Å². The number of hydrogen-bond acceptors (Lipinski definition) is 4. The molecule has 0 atom stereocenters. The number of rotatable bonds is 10. The van der Waals surface area contributed by atoms with Gasteiger partial charge in [0.25, 0.3) is 0 Å². The Morgan fingerprint density at radius 3 is 2.59 bits per heavy atom. The van der Waals surface area contributed by atoms with Gasteiger partial charge in [-0.3, -0.25) is 0 Å². The topological polar surface area (TPSA) is 46.2 Å². The summed E-state index contributed by atoms with van der Waals surface area (Å²) in [6.45, 7) is 5.25. The van der Waals surface area contributed by atoms with Crippen molar-refractivity contribution in [2.45, 2.75) is 32.6 Å². The van der Waals surface area contributed by atoms with Crippen molar-refractivity contribution in [1.82, 2.24) is 10.3 Å². The summed E-state index contributed by atoms with van der Waals surface area (Å²) < 4.78 is 5.41. The molecule has 0 aliphatic heterocycles. The first-order valence-electron chi connectivity index (χ1n) is 9.74. The molecule has 144 valence electrons. The first-order chi connectivity index (χ1) is 13.2. The van der Waals surface area contributed by atoms with Gasteiger partial charge in [0, 0.05) is 22.3 Å². The van der Waals surface area contributed by atoms with Crippen molar-refractivity contribution in [3.8, 4) is 5.75 Å². The summed E-state index contributed by atoms with van der Waals surface area (Å²) in [4.78, 5) is 4.77. The fourth-order valence-corrected chi connectivity index (χ4v) is 3.43. The third-order valence-corrected chi connectivity index (χ3v) is 4.97. The number of halogens is 1. The molecular weight excluding hydrogens is 358 g/mol. The van der Waals surface area contributed by atoms with Crippen LogP contribution in [0.3, 0.4) is 0 Å². The van der Waals surface area contributed by atoms with Crippen LogP contribution in [0.2, 0.25) is 5.02 Å². The number of fused-ring (bicyclic) bond motifs is 2. The number of nitrogens with one attached hydrogen (secondary N) is 2. The Bertz CT molecular complexity index is 897. The van der Waals surface area contributed by atoms with Gasteiger partial charge in [-0.05, 0) is 62.3 Å². The van der Waals surface area contributed by atoms with Crippen LogP contribution in [-0.4, -0.2) is 31.7 Å². The summed E-state index contributed by atoms with van der Waals surface area (Å²) in [5, 5.41) is 9.99. The lowest BCUT2D eigenvalue weighted by molar-refractivity contribution is 0.415. The molecule has 0 bridgehead atoms. The number of nitrogens with zero attached hydrogens (tertiary/aromatic N) is 1. The van der Waals surface area contributed by atoms with Crippen LogP contribution in [0.15, 0.2) is 36.4 Å². The first kappa shape index (κ1) is 19.7. The van der Waals surface area contributed by atoms with Crippen molar-refractivity contribution < 1.29 is 4.74 Å². The molecule has 2 aromatic carbocycles. The molecule has 27 heavy (non-hydrogen) atoms. The molecule has 5 heteroatoms. The predicted molar refractivity (Wildman–Crippen MR) is 116 cm³/mol. The first-order valence-corrected chi connectivity index (χ1v) is 10.1. The Kier molecular flexibility index (Phi) is 7.13. The monoisotopic (exact) mass is 385 g/mol. The number of ether oxygens (including phenoxy) is 1. The average molecular weight is 386 g/mol. The number of unbranched alkanes of at least 4 members (excludes halogenated alkanes) is 2. The van der Waals surface area contributed by atoms with E-state index in [9.17, 15) is 0 Å². The third kappa shape index (κ3) is 5.02. The highest BCUT2D eigenvalue weighted by atomic mass is 35.5.